The molecule has 0 bridgehead atoms. The van der Waals surface area contributed by atoms with Crippen LogP contribution < -0.4 is 10.2 Å². The predicted octanol–water partition coefficient (Wildman–Crippen LogP) is 2.78. The maximum atomic E-state index is 11.6. The van der Waals surface area contributed by atoms with Gasteiger partial charge in [-0.2, -0.15) is 5.10 Å². The van der Waals surface area contributed by atoms with Gasteiger partial charge in [-0.1, -0.05) is 17.7 Å². The lowest BCUT2D eigenvalue weighted by atomic mass is 10.2. The first-order valence-corrected chi connectivity index (χ1v) is 6.87. The van der Waals surface area contributed by atoms with E-state index in [9.17, 15) is 14.9 Å². The molecule has 7 nitrogen and oxygen atoms in total. The number of hydrogen-bond acceptors (Lipinski definition) is 5. The Bertz CT molecular complexity index is 732. The SMILES string of the molecule is O=C(COc1cccc(Cl)c1)NN=Cc1ccc([N+](=O)[O-])cc1. The highest BCUT2D eigenvalue weighted by Gasteiger charge is 2.03. The van der Waals surface area contributed by atoms with Crippen molar-refractivity contribution >= 4 is 29.4 Å². The number of hydrogen-bond donors (Lipinski definition) is 1. The lowest BCUT2D eigenvalue weighted by Gasteiger charge is -2.04. The molecule has 0 aliphatic heterocycles. The summed E-state index contributed by atoms with van der Waals surface area (Å²) in [6, 6.07) is 12.4. The van der Waals surface area contributed by atoms with Gasteiger partial charge in [-0.15, -0.1) is 0 Å². The van der Waals surface area contributed by atoms with Gasteiger partial charge >= 0.3 is 0 Å². The molecule has 0 atom stereocenters. The molecule has 2 rings (SSSR count). The van der Waals surface area contributed by atoms with Crippen LogP contribution in [0.3, 0.4) is 0 Å². The van der Waals surface area contributed by atoms with Crippen molar-refractivity contribution in [1.82, 2.24) is 5.43 Å². The summed E-state index contributed by atoms with van der Waals surface area (Å²) in [5.74, 6) is 0.0372. The van der Waals surface area contributed by atoms with E-state index >= 15 is 0 Å². The first-order chi connectivity index (χ1) is 11.0. The van der Waals surface area contributed by atoms with Gasteiger partial charge in [0, 0.05) is 17.2 Å². The van der Waals surface area contributed by atoms with E-state index in [0.29, 0.717) is 16.3 Å². The van der Waals surface area contributed by atoms with E-state index in [2.05, 4.69) is 10.5 Å². The van der Waals surface area contributed by atoms with Crippen molar-refractivity contribution in [2.75, 3.05) is 6.61 Å². The van der Waals surface area contributed by atoms with E-state index in [1.165, 1.54) is 30.5 Å². The van der Waals surface area contributed by atoms with Crippen molar-refractivity contribution < 1.29 is 14.5 Å². The minimum absolute atomic E-state index is 0.0129. The summed E-state index contributed by atoms with van der Waals surface area (Å²) in [5, 5.41) is 14.8. The predicted molar refractivity (Wildman–Crippen MR) is 85.8 cm³/mol. The Morgan fingerprint density at radius 1 is 1.30 bits per heavy atom. The van der Waals surface area contributed by atoms with Gasteiger partial charge in [-0.05, 0) is 35.9 Å². The van der Waals surface area contributed by atoms with Crippen LogP contribution in [0, 0.1) is 10.1 Å². The Hall–Kier alpha value is -2.93. The van der Waals surface area contributed by atoms with Crippen LogP contribution in [-0.4, -0.2) is 23.7 Å². The van der Waals surface area contributed by atoms with Gasteiger partial charge in [0.05, 0.1) is 11.1 Å². The van der Waals surface area contributed by atoms with Crippen LogP contribution in [0.5, 0.6) is 5.75 Å². The number of nitro groups is 1. The van der Waals surface area contributed by atoms with Gasteiger partial charge in [0.25, 0.3) is 11.6 Å². The number of carbonyl (C=O) groups excluding carboxylic acids is 1. The van der Waals surface area contributed by atoms with Gasteiger partial charge in [0.15, 0.2) is 6.61 Å². The zero-order valence-corrected chi connectivity index (χ0v) is 12.6. The number of carbonyl (C=O) groups is 1. The summed E-state index contributed by atoms with van der Waals surface area (Å²) in [6.45, 7) is -0.210. The minimum Gasteiger partial charge on any atom is -0.484 e. The average Bonchev–Trinajstić information content (AvgIpc) is 2.53. The maximum absolute atomic E-state index is 11.6. The van der Waals surface area contributed by atoms with E-state index in [1.807, 2.05) is 0 Å². The van der Waals surface area contributed by atoms with Crippen LogP contribution in [0.15, 0.2) is 53.6 Å². The number of benzene rings is 2. The highest BCUT2D eigenvalue weighted by molar-refractivity contribution is 6.30. The quantitative estimate of drug-likeness (QED) is 0.499. The maximum Gasteiger partial charge on any atom is 0.277 e. The third-order valence-electron chi connectivity index (χ3n) is 2.67. The molecule has 118 valence electrons. The lowest BCUT2D eigenvalue weighted by Crippen LogP contribution is -2.24. The fourth-order valence-electron chi connectivity index (χ4n) is 1.60. The second-order valence-corrected chi connectivity index (χ2v) is 4.82. The molecule has 0 unspecified atom stereocenters. The van der Waals surface area contributed by atoms with Crippen molar-refractivity contribution in [3.05, 3.63) is 69.2 Å². The first kappa shape index (κ1) is 16.4. The number of nitrogens with zero attached hydrogens (tertiary/aromatic N) is 2. The standard InChI is InChI=1S/C15H12ClN3O4/c16-12-2-1-3-14(8-12)23-10-15(20)18-17-9-11-4-6-13(7-5-11)19(21)22/h1-9H,10H2,(H,18,20). The van der Waals surface area contributed by atoms with Crippen molar-refractivity contribution in [3.8, 4) is 5.75 Å². The molecule has 8 heteroatoms. The molecule has 1 N–H and O–H groups in total. The summed E-state index contributed by atoms with van der Waals surface area (Å²) in [7, 11) is 0. The van der Waals surface area contributed by atoms with Crippen LogP contribution >= 0.6 is 11.6 Å². The lowest BCUT2D eigenvalue weighted by molar-refractivity contribution is -0.384. The molecular weight excluding hydrogens is 322 g/mol. The van der Waals surface area contributed by atoms with Crippen LogP contribution in [-0.2, 0) is 4.79 Å². The van der Waals surface area contributed by atoms with Gasteiger partial charge in [0.2, 0.25) is 0 Å². The van der Waals surface area contributed by atoms with Crippen molar-refractivity contribution in [3.63, 3.8) is 0 Å². The largest absolute Gasteiger partial charge is 0.484 e. The van der Waals surface area contributed by atoms with E-state index in [4.69, 9.17) is 16.3 Å². The number of hydrazone groups is 1. The van der Waals surface area contributed by atoms with Crippen LogP contribution in [0.4, 0.5) is 5.69 Å². The normalized spacial score (nSPS) is 10.5. The Morgan fingerprint density at radius 3 is 2.70 bits per heavy atom. The summed E-state index contributed by atoms with van der Waals surface area (Å²) < 4.78 is 5.25. The summed E-state index contributed by atoms with van der Waals surface area (Å²) in [5.41, 5.74) is 2.90. The van der Waals surface area contributed by atoms with Gasteiger partial charge < -0.3 is 4.74 Å². The Labute approximate surface area is 136 Å². The molecule has 0 heterocycles. The monoisotopic (exact) mass is 333 g/mol. The molecule has 2 aromatic rings. The summed E-state index contributed by atoms with van der Waals surface area (Å²) in [6.07, 6.45) is 1.38. The highest BCUT2D eigenvalue weighted by Crippen LogP contribution is 2.16. The van der Waals surface area contributed by atoms with Gasteiger partial charge in [0.1, 0.15) is 5.75 Å². The Morgan fingerprint density at radius 2 is 2.04 bits per heavy atom. The van der Waals surface area contributed by atoms with Crippen LogP contribution in [0.2, 0.25) is 5.02 Å². The summed E-state index contributed by atoms with van der Waals surface area (Å²) >= 11 is 5.80. The number of amides is 1. The van der Waals surface area contributed by atoms with E-state index in [-0.39, 0.29) is 12.3 Å². The van der Waals surface area contributed by atoms with Crippen molar-refractivity contribution in [2.45, 2.75) is 0 Å². The smallest absolute Gasteiger partial charge is 0.277 e. The molecular formula is C15H12ClN3O4. The molecule has 23 heavy (non-hydrogen) atoms. The molecule has 0 aliphatic rings. The molecule has 0 aromatic heterocycles. The minimum atomic E-state index is -0.490. The topological polar surface area (TPSA) is 93.8 Å². The van der Waals surface area contributed by atoms with Gasteiger partial charge in [-0.3, -0.25) is 14.9 Å². The van der Waals surface area contributed by atoms with Crippen LogP contribution in [0.25, 0.3) is 0 Å². The summed E-state index contributed by atoms with van der Waals surface area (Å²) in [4.78, 5) is 21.6. The molecule has 1 amide bonds. The molecule has 2 aromatic carbocycles. The number of ether oxygens (including phenoxy) is 1. The third-order valence-corrected chi connectivity index (χ3v) is 2.91. The average molecular weight is 334 g/mol. The third kappa shape index (κ3) is 5.40. The van der Waals surface area contributed by atoms with Crippen LogP contribution in [0.1, 0.15) is 5.56 Å². The molecule has 0 fully saturated rings. The zero-order valence-electron chi connectivity index (χ0n) is 11.8. The molecule has 0 radical (unpaired) electrons. The van der Waals surface area contributed by atoms with E-state index in [1.54, 1.807) is 24.3 Å². The highest BCUT2D eigenvalue weighted by atomic mass is 35.5. The number of non-ortho nitro benzene ring substituents is 1. The number of nitro benzene ring substituents is 1. The van der Waals surface area contributed by atoms with Crippen molar-refractivity contribution in [2.24, 2.45) is 5.10 Å². The van der Waals surface area contributed by atoms with E-state index < -0.39 is 10.8 Å². The Balaban J connectivity index is 1.80. The van der Waals surface area contributed by atoms with Gasteiger partial charge in [-0.25, -0.2) is 5.43 Å². The second-order valence-electron chi connectivity index (χ2n) is 4.39. The second kappa shape index (κ2) is 7.90. The Kier molecular flexibility index (Phi) is 5.65. The zero-order chi connectivity index (χ0) is 16.7. The fourth-order valence-corrected chi connectivity index (χ4v) is 1.78. The molecule has 0 saturated carbocycles. The fraction of sp³-hybridized carbons (Fsp3) is 0.0667. The molecule has 0 aliphatic carbocycles. The number of rotatable bonds is 6. The molecule has 0 saturated heterocycles. The van der Waals surface area contributed by atoms with Crippen molar-refractivity contribution in [1.29, 1.82) is 0 Å². The number of halogens is 1. The first-order valence-electron chi connectivity index (χ1n) is 6.49. The van der Waals surface area contributed by atoms with E-state index in [0.717, 1.165) is 0 Å². The number of nitrogens with one attached hydrogen (secondary N) is 1. The molecule has 0 spiro atoms.